The summed E-state index contributed by atoms with van der Waals surface area (Å²) >= 11 is 0. The molecule has 0 aliphatic carbocycles. The summed E-state index contributed by atoms with van der Waals surface area (Å²) in [4.78, 5) is 16.4. The highest BCUT2D eigenvalue weighted by Crippen LogP contribution is 2.24. The first-order chi connectivity index (χ1) is 9.45. The highest BCUT2D eigenvalue weighted by molar-refractivity contribution is 5.84. The summed E-state index contributed by atoms with van der Waals surface area (Å²) in [7, 11) is 1.57. The number of nitrogens with zero attached hydrogens (tertiary/aromatic N) is 2. The lowest BCUT2D eigenvalue weighted by Gasteiger charge is -2.39. The Morgan fingerprint density at radius 1 is 1.20 bits per heavy atom. The summed E-state index contributed by atoms with van der Waals surface area (Å²) in [5.41, 5.74) is 7.07. The average molecular weight is 277 g/mol. The Morgan fingerprint density at radius 2 is 1.80 bits per heavy atom. The van der Waals surface area contributed by atoms with E-state index in [9.17, 15) is 4.79 Å². The van der Waals surface area contributed by atoms with Crippen molar-refractivity contribution in [3.63, 3.8) is 0 Å². The van der Waals surface area contributed by atoms with Gasteiger partial charge in [-0.3, -0.25) is 4.79 Å². The molecule has 20 heavy (non-hydrogen) atoms. The van der Waals surface area contributed by atoms with Crippen LogP contribution in [-0.2, 0) is 9.53 Å². The lowest BCUT2D eigenvalue weighted by atomic mass is 10.1. The van der Waals surface area contributed by atoms with Gasteiger partial charge < -0.3 is 20.3 Å². The first-order valence-electron chi connectivity index (χ1n) is 6.89. The number of anilines is 2. The van der Waals surface area contributed by atoms with Crippen molar-refractivity contribution in [2.75, 3.05) is 43.9 Å². The van der Waals surface area contributed by atoms with Gasteiger partial charge in [-0.2, -0.15) is 0 Å². The molecular formula is C15H23N3O2. The molecule has 0 radical (unpaired) electrons. The van der Waals surface area contributed by atoms with E-state index in [0.29, 0.717) is 13.1 Å². The zero-order valence-electron chi connectivity index (χ0n) is 12.4. The number of carbonyl (C=O) groups is 1. The summed E-state index contributed by atoms with van der Waals surface area (Å²) in [6.07, 6.45) is 0. The maximum absolute atomic E-state index is 12.3. The minimum absolute atomic E-state index is 0.0423. The van der Waals surface area contributed by atoms with Gasteiger partial charge in [0.2, 0.25) is 0 Å². The van der Waals surface area contributed by atoms with Crippen molar-refractivity contribution in [1.82, 2.24) is 4.90 Å². The zero-order chi connectivity index (χ0) is 14.8. The van der Waals surface area contributed by atoms with Gasteiger partial charge in [0.25, 0.3) is 5.91 Å². The number of nitrogen functional groups attached to an aromatic ring is 1. The molecule has 0 saturated carbocycles. The number of benzene rings is 1. The van der Waals surface area contributed by atoms with E-state index >= 15 is 0 Å². The fourth-order valence-electron chi connectivity index (χ4n) is 2.39. The van der Waals surface area contributed by atoms with E-state index < -0.39 is 5.60 Å². The van der Waals surface area contributed by atoms with Crippen molar-refractivity contribution in [2.45, 2.75) is 19.4 Å². The maximum Gasteiger partial charge on any atom is 0.254 e. The van der Waals surface area contributed by atoms with E-state index in [1.165, 1.54) is 0 Å². The zero-order valence-corrected chi connectivity index (χ0v) is 12.4. The number of methoxy groups -OCH3 is 1. The Balaban J connectivity index is 2.00. The minimum Gasteiger partial charge on any atom is -0.397 e. The van der Waals surface area contributed by atoms with Crippen LogP contribution in [0.15, 0.2) is 24.3 Å². The van der Waals surface area contributed by atoms with Crippen LogP contribution in [0.25, 0.3) is 0 Å². The van der Waals surface area contributed by atoms with Gasteiger partial charge in [0, 0.05) is 33.3 Å². The number of rotatable bonds is 3. The summed E-state index contributed by atoms with van der Waals surface area (Å²) < 4.78 is 5.26. The van der Waals surface area contributed by atoms with Gasteiger partial charge in [0.1, 0.15) is 5.60 Å². The van der Waals surface area contributed by atoms with Crippen molar-refractivity contribution in [3.8, 4) is 0 Å². The van der Waals surface area contributed by atoms with Crippen molar-refractivity contribution in [2.24, 2.45) is 0 Å². The van der Waals surface area contributed by atoms with E-state index in [2.05, 4.69) is 4.90 Å². The molecule has 1 aliphatic rings. The first kappa shape index (κ1) is 14.7. The Morgan fingerprint density at radius 3 is 2.35 bits per heavy atom. The first-order valence-corrected chi connectivity index (χ1v) is 6.89. The second kappa shape index (κ2) is 5.71. The van der Waals surface area contributed by atoms with Crippen molar-refractivity contribution < 1.29 is 9.53 Å². The smallest absolute Gasteiger partial charge is 0.254 e. The van der Waals surface area contributed by atoms with E-state index in [4.69, 9.17) is 10.5 Å². The van der Waals surface area contributed by atoms with Crippen LogP contribution in [0.1, 0.15) is 13.8 Å². The molecule has 5 nitrogen and oxygen atoms in total. The Labute approximate surface area is 120 Å². The van der Waals surface area contributed by atoms with Crippen LogP contribution in [0.2, 0.25) is 0 Å². The van der Waals surface area contributed by atoms with E-state index in [1.807, 2.05) is 29.2 Å². The lowest BCUT2D eigenvalue weighted by Crippen LogP contribution is -2.54. The van der Waals surface area contributed by atoms with Gasteiger partial charge in [-0.1, -0.05) is 12.1 Å². The highest BCUT2D eigenvalue weighted by Gasteiger charge is 2.33. The topological polar surface area (TPSA) is 58.8 Å². The number of hydrogen-bond acceptors (Lipinski definition) is 4. The van der Waals surface area contributed by atoms with Gasteiger partial charge in [-0.15, -0.1) is 0 Å². The number of ether oxygens (including phenoxy) is 1. The van der Waals surface area contributed by atoms with Crippen molar-refractivity contribution in [3.05, 3.63) is 24.3 Å². The predicted octanol–water partition coefficient (Wildman–Crippen LogP) is 1.34. The number of piperazine rings is 1. The SMILES string of the molecule is COC(C)(C)C(=O)N1CCN(c2ccccc2N)CC1. The van der Waals surface area contributed by atoms with Crippen LogP contribution in [0.3, 0.4) is 0 Å². The molecule has 0 spiro atoms. The Hall–Kier alpha value is -1.75. The van der Waals surface area contributed by atoms with Crippen LogP contribution in [0.5, 0.6) is 0 Å². The molecule has 1 fully saturated rings. The number of nitrogens with two attached hydrogens (primary N) is 1. The van der Waals surface area contributed by atoms with Crippen LogP contribution in [-0.4, -0.2) is 49.7 Å². The standard InChI is InChI=1S/C15H23N3O2/c1-15(2,20-3)14(19)18-10-8-17(9-11-18)13-7-5-4-6-12(13)16/h4-7H,8-11,16H2,1-3H3. The molecule has 0 bridgehead atoms. The van der Waals surface area contributed by atoms with Gasteiger partial charge in [0.15, 0.2) is 0 Å². The van der Waals surface area contributed by atoms with E-state index in [1.54, 1.807) is 21.0 Å². The van der Waals surface area contributed by atoms with Gasteiger partial charge in [-0.25, -0.2) is 0 Å². The highest BCUT2D eigenvalue weighted by atomic mass is 16.5. The molecule has 1 heterocycles. The molecule has 1 aromatic carbocycles. The molecule has 1 amide bonds. The molecule has 110 valence electrons. The third kappa shape index (κ3) is 2.88. The fourth-order valence-corrected chi connectivity index (χ4v) is 2.39. The van der Waals surface area contributed by atoms with Crippen LogP contribution in [0, 0.1) is 0 Å². The quantitative estimate of drug-likeness (QED) is 0.847. The molecule has 0 atom stereocenters. The molecule has 2 N–H and O–H groups in total. The molecule has 5 heteroatoms. The molecule has 1 saturated heterocycles. The summed E-state index contributed by atoms with van der Waals surface area (Å²) in [6.45, 7) is 6.58. The van der Waals surface area contributed by atoms with Crippen molar-refractivity contribution >= 4 is 17.3 Å². The van der Waals surface area contributed by atoms with E-state index in [-0.39, 0.29) is 5.91 Å². The third-order valence-electron chi connectivity index (χ3n) is 3.87. The number of hydrogen-bond donors (Lipinski definition) is 1. The minimum atomic E-state index is -0.756. The van der Waals surface area contributed by atoms with Crippen molar-refractivity contribution in [1.29, 1.82) is 0 Å². The van der Waals surface area contributed by atoms with Gasteiger partial charge >= 0.3 is 0 Å². The van der Waals surface area contributed by atoms with Crippen LogP contribution < -0.4 is 10.6 Å². The normalized spacial score (nSPS) is 16.4. The molecule has 0 unspecified atom stereocenters. The second-order valence-electron chi connectivity index (χ2n) is 5.55. The van der Waals surface area contributed by atoms with Crippen LogP contribution >= 0.6 is 0 Å². The molecule has 1 aliphatic heterocycles. The molecule has 2 rings (SSSR count). The summed E-state index contributed by atoms with van der Waals surface area (Å²) in [6, 6.07) is 7.84. The molecular weight excluding hydrogens is 254 g/mol. The average Bonchev–Trinajstić information content (AvgIpc) is 2.47. The Kier molecular flexibility index (Phi) is 4.18. The fraction of sp³-hybridized carbons (Fsp3) is 0.533. The van der Waals surface area contributed by atoms with Gasteiger partial charge in [-0.05, 0) is 26.0 Å². The molecule has 1 aromatic rings. The second-order valence-corrected chi connectivity index (χ2v) is 5.55. The third-order valence-corrected chi connectivity index (χ3v) is 3.87. The largest absolute Gasteiger partial charge is 0.397 e. The summed E-state index contributed by atoms with van der Waals surface area (Å²) in [5, 5.41) is 0. The van der Waals surface area contributed by atoms with Gasteiger partial charge in [0.05, 0.1) is 11.4 Å². The summed E-state index contributed by atoms with van der Waals surface area (Å²) in [5.74, 6) is 0.0423. The lowest BCUT2D eigenvalue weighted by molar-refractivity contribution is -0.151. The monoisotopic (exact) mass is 277 g/mol. The number of para-hydroxylation sites is 2. The molecule has 0 aromatic heterocycles. The maximum atomic E-state index is 12.3. The predicted molar refractivity (Wildman–Crippen MR) is 80.7 cm³/mol. The van der Waals surface area contributed by atoms with Crippen LogP contribution in [0.4, 0.5) is 11.4 Å². The number of amides is 1. The number of carbonyl (C=O) groups excluding carboxylic acids is 1. The Bertz CT molecular complexity index is 480. The van der Waals surface area contributed by atoms with E-state index in [0.717, 1.165) is 24.5 Å².